The van der Waals surface area contributed by atoms with E-state index in [4.69, 9.17) is 23.2 Å². The molecule has 0 unspecified atom stereocenters. The lowest BCUT2D eigenvalue weighted by Crippen LogP contribution is -2.14. The topological polar surface area (TPSA) is 59.8 Å². The van der Waals surface area contributed by atoms with Crippen molar-refractivity contribution in [1.29, 1.82) is 0 Å². The predicted molar refractivity (Wildman–Crippen MR) is 102 cm³/mol. The number of amides is 1. The fourth-order valence-electron chi connectivity index (χ4n) is 2.23. The van der Waals surface area contributed by atoms with Gasteiger partial charge in [0, 0.05) is 7.05 Å². The first-order chi connectivity index (χ1) is 12.5. The van der Waals surface area contributed by atoms with E-state index in [1.165, 1.54) is 17.8 Å². The van der Waals surface area contributed by atoms with Crippen LogP contribution < -0.4 is 5.32 Å². The van der Waals surface area contributed by atoms with Crippen LogP contribution in [0.3, 0.4) is 0 Å². The minimum Gasteiger partial charge on any atom is -0.324 e. The summed E-state index contributed by atoms with van der Waals surface area (Å²) in [6.45, 7) is 0. The second-order valence-electron chi connectivity index (χ2n) is 5.28. The van der Waals surface area contributed by atoms with E-state index in [0.29, 0.717) is 27.3 Å². The highest BCUT2D eigenvalue weighted by Crippen LogP contribution is 2.30. The first-order valence-electron chi connectivity index (χ1n) is 7.48. The van der Waals surface area contributed by atoms with Gasteiger partial charge in [0.05, 0.1) is 27.0 Å². The van der Waals surface area contributed by atoms with Crippen LogP contribution in [0.15, 0.2) is 47.6 Å². The molecule has 3 rings (SSSR count). The van der Waals surface area contributed by atoms with Crippen molar-refractivity contribution in [2.24, 2.45) is 7.05 Å². The molecule has 0 saturated heterocycles. The van der Waals surface area contributed by atoms with Gasteiger partial charge >= 0.3 is 0 Å². The van der Waals surface area contributed by atoms with E-state index in [1.54, 1.807) is 48.0 Å². The molecule has 0 aliphatic rings. The molecule has 0 fully saturated rings. The Labute approximate surface area is 163 Å². The zero-order chi connectivity index (χ0) is 18.7. The van der Waals surface area contributed by atoms with Crippen molar-refractivity contribution in [2.75, 3.05) is 11.1 Å². The maximum absolute atomic E-state index is 13.9. The van der Waals surface area contributed by atoms with Gasteiger partial charge in [-0.15, -0.1) is 10.2 Å². The molecule has 3 aromatic rings. The second kappa shape index (κ2) is 8.07. The summed E-state index contributed by atoms with van der Waals surface area (Å²) in [6, 6.07) is 11.3. The molecular formula is C17H13Cl2FN4OS. The van der Waals surface area contributed by atoms with E-state index in [2.05, 4.69) is 15.5 Å². The number of anilines is 1. The predicted octanol–water partition coefficient (Wildman–Crippen LogP) is 4.66. The molecule has 0 saturated carbocycles. The Morgan fingerprint density at radius 3 is 2.73 bits per heavy atom. The minimum atomic E-state index is -0.382. The number of thioether (sulfide) groups is 1. The maximum atomic E-state index is 13.9. The number of halogens is 3. The first-order valence-corrected chi connectivity index (χ1v) is 9.22. The van der Waals surface area contributed by atoms with Crippen LogP contribution in [0.25, 0.3) is 11.4 Å². The van der Waals surface area contributed by atoms with Gasteiger partial charge in [-0.1, -0.05) is 53.2 Å². The highest BCUT2D eigenvalue weighted by atomic mass is 35.5. The van der Waals surface area contributed by atoms with Crippen molar-refractivity contribution in [3.63, 3.8) is 0 Å². The Bertz CT molecular complexity index is 964. The largest absolute Gasteiger partial charge is 0.324 e. The molecule has 5 nitrogen and oxygen atoms in total. The maximum Gasteiger partial charge on any atom is 0.234 e. The number of hydrogen-bond donors (Lipinski definition) is 1. The summed E-state index contributed by atoms with van der Waals surface area (Å²) < 4.78 is 15.6. The molecule has 0 aliphatic heterocycles. The molecule has 1 N–H and O–H groups in total. The van der Waals surface area contributed by atoms with Crippen LogP contribution in [0.5, 0.6) is 0 Å². The van der Waals surface area contributed by atoms with Gasteiger partial charge in [0.1, 0.15) is 5.82 Å². The van der Waals surface area contributed by atoms with Crippen LogP contribution >= 0.6 is 35.0 Å². The molecule has 2 aromatic carbocycles. The van der Waals surface area contributed by atoms with Crippen molar-refractivity contribution < 1.29 is 9.18 Å². The number of nitrogens with one attached hydrogen (secondary N) is 1. The van der Waals surface area contributed by atoms with Crippen molar-refractivity contribution in [2.45, 2.75) is 5.16 Å². The summed E-state index contributed by atoms with van der Waals surface area (Å²) in [5.74, 6) is -0.169. The van der Waals surface area contributed by atoms with E-state index in [1.807, 2.05) is 0 Å². The molecular weight excluding hydrogens is 398 g/mol. The number of benzene rings is 2. The molecule has 9 heteroatoms. The zero-order valence-electron chi connectivity index (χ0n) is 13.5. The van der Waals surface area contributed by atoms with Crippen LogP contribution in [0, 0.1) is 5.82 Å². The van der Waals surface area contributed by atoms with E-state index < -0.39 is 0 Å². The Morgan fingerprint density at radius 2 is 1.96 bits per heavy atom. The van der Waals surface area contributed by atoms with Crippen LogP contribution in [-0.4, -0.2) is 26.4 Å². The number of aromatic nitrogens is 3. The van der Waals surface area contributed by atoms with Gasteiger partial charge in [0.2, 0.25) is 5.91 Å². The van der Waals surface area contributed by atoms with Crippen LogP contribution in [-0.2, 0) is 11.8 Å². The standard InChI is InChI=1S/C17H13Cl2FN4OS/c1-24-16(10-5-2-3-7-12(10)20)22-23-17(24)26-9-14(25)21-13-8-4-6-11(18)15(13)19/h2-8H,9H2,1H3,(H,21,25). The Morgan fingerprint density at radius 1 is 1.19 bits per heavy atom. The van der Waals surface area contributed by atoms with Gasteiger partial charge in [-0.25, -0.2) is 4.39 Å². The van der Waals surface area contributed by atoms with E-state index in [0.717, 1.165) is 0 Å². The monoisotopic (exact) mass is 410 g/mol. The summed E-state index contributed by atoms with van der Waals surface area (Å²) in [5.41, 5.74) is 0.791. The fraction of sp³-hybridized carbons (Fsp3) is 0.118. The number of carbonyl (C=O) groups excluding carboxylic acids is 1. The van der Waals surface area contributed by atoms with E-state index >= 15 is 0 Å². The summed E-state index contributed by atoms with van der Waals surface area (Å²) in [4.78, 5) is 12.1. The number of carbonyl (C=O) groups is 1. The molecule has 0 spiro atoms. The van der Waals surface area contributed by atoms with Crippen molar-refractivity contribution in [3.05, 3.63) is 58.3 Å². The average Bonchev–Trinajstić information content (AvgIpc) is 2.98. The smallest absolute Gasteiger partial charge is 0.234 e. The number of rotatable bonds is 5. The van der Waals surface area contributed by atoms with Crippen LogP contribution in [0.2, 0.25) is 10.0 Å². The van der Waals surface area contributed by atoms with Crippen molar-refractivity contribution in [3.8, 4) is 11.4 Å². The molecule has 0 aliphatic carbocycles. The number of hydrogen-bond acceptors (Lipinski definition) is 4. The second-order valence-corrected chi connectivity index (χ2v) is 7.01. The summed E-state index contributed by atoms with van der Waals surface area (Å²) >= 11 is 13.2. The summed E-state index contributed by atoms with van der Waals surface area (Å²) in [7, 11) is 1.72. The van der Waals surface area contributed by atoms with Crippen molar-refractivity contribution in [1.82, 2.24) is 14.8 Å². The molecule has 134 valence electrons. The molecule has 1 heterocycles. The molecule has 0 radical (unpaired) electrons. The van der Waals surface area contributed by atoms with Gasteiger partial charge in [0.25, 0.3) is 0 Å². The molecule has 0 atom stereocenters. The normalized spacial score (nSPS) is 10.8. The SMILES string of the molecule is Cn1c(SCC(=O)Nc2cccc(Cl)c2Cl)nnc1-c1ccccc1F. The van der Waals surface area contributed by atoms with Gasteiger partial charge in [0.15, 0.2) is 11.0 Å². The van der Waals surface area contributed by atoms with E-state index in [9.17, 15) is 9.18 Å². The first kappa shape index (κ1) is 18.7. The lowest BCUT2D eigenvalue weighted by Gasteiger charge is -2.08. The highest BCUT2D eigenvalue weighted by Gasteiger charge is 2.16. The van der Waals surface area contributed by atoms with Crippen molar-refractivity contribution >= 4 is 46.6 Å². The lowest BCUT2D eigenvalue weighted by molar-refractivity contribution is -0.113. The number of nitrogens with zero attached hydrogens (tertiary/aromatic N) is 3. The molecule has 26 heavy (non-hydrogen) atoms. The fourth-order valence-corrected chi connectivity index (χ4v) is 3.29. The highest BCUT2D eigenvalue weighted by molar-refractivity contribution is 7.99. The van der Waals surface area contributed by atoms with Gasteiger partial charge < -0.3 is 9.88 Å². The Hall–Kier alpha value is -2.09. The third-order valence-electron chi connectivity index (χ3n) is 3.51. The quantitative estimate of drug-likeness (QED) is 0.621. The van der Waals surface area contributed by atoms with Crippen LogP contribution in [0.1, 0.15) is 0 Å². The van der Waals surface area contributed by atoms with Gasteiger partial charge in [-0.2, -0.15) is 0 Å². The molecule has 0 bridgehead atoms. The third kappa shape index (κ3) is 4.00. The van der Waals surface area contributed by atoms with Crippen LogP contribution in [0.4, 0.5) is 10.1 Å². The van der Waals surface area contributed by atoms with E-state index in [-0.39, 0.29) is 22.5 Å². The summed E-state index contributed by atoms with van der Waals surface area (Å²) in [5, 5.41) is 11.9. The Balaban J connectivity index is 1.68. The van der Waals surface area contributed by atoms with Gasteiger partial charge in [-0.3, -0.25) is 4.79 Å². The summed E-state index contributed by atoms with van der Waals surface area (Å²) in [6.07, 6.45) is 0. The molecule has 1 amide bonds. The lowest BCUT2D eigenvalue weighted by atomic mass is 10.2. The van der Waals surface area contributed by atoms with Gasteiger partial charge in [-0.05, 0) is 24.3 Å². The Kier molecular flexibility index (Phi) is 5.80. The minimum absolute atomic E-state index is 0.0894. The average molecular weight is 411 g/mol. The zero-order valence-corrected chi connectivity index (χ0v) is 15.9. The molecule has 1 aromatic heterocycles. The third-order valence-corrected chi connectivity index (χ3v) is 5.35.